The summed E-state index contributed by atoms with van der Waals surface area (Å²) in [4.78, 5) is 5.63. The van der Waals surface area contributed by atoms with E-state index < -0.39 is 0 Å². The maximum atomic E-state index is 5.36. The van der Waals surface area contributed by atoms with Gasteiger partial charge >= 0.3 is 0 Å². The zero-order valence-electron chi connectivity index (χ0n) is 9.68. The number of aromatic nitrogens is 2. The first-order valence-corrected chi connectivity index (χ1v) is 6.24. The SMILES string of the molecule is COc1ccccc1-c1cn2c(C)csc2n1. The number of benzene rings is 1. The summed E-state index contributed by atoms with van der Waals surface area (Å²) in [7, 11) is 1.68. The molecule has 4 heteroatoms. The number of hydrogen-bond donors (Lipinski definition) is 0. The number of thiazole rings is 1. The molecule has 0 aliphatic heterocycles. The summed E-state index contributed by atoms with van der Waals surface area (Å²) in [5.41, 5.74) is 3.20. The molecule has 0 fully saturated rings. The van der Waals surface area contributed by atoms with E-state index in [1.807, 2.05) is 24.3 Å². The Morgan fingerprint density at radius 3 is 2.88 bits per heavy atom. The average molecular weight is 244 g/mol. The van der Waals surface area contributed by atoms with Crippen molar-refractivity contribution in [2.24, 2.45) is 0 Å². The van der Waals surface area contributed by atoms with Crippen molar-refractivity contribution in [2.45, 2.75) is 6.92 Å². The van der Waals surface area contributed by atoms with Crippen molar-refractivity contribution in [2.75, 3.05) is 7.11 Å². The van der Waals surface area contributed by atoms with Crippen LogP contribution in [0.25, 0.3) is 16.2 Å². The van der Waals surface area contributed by atoms with E-state index in [9.17, 15) is 0 Å². The summed E-state index contributed by atoms with van der Waals surface area (Å²) in [5, 5.41) is 2.11. The number of hydrogen-bond acceptors (Lipinski definition) is 3. The van der Waals surface area contributed by atoms with E-state index in [-0.39, 0.29) is 0 Å². The van der Waals surface area contributed by atoms with E-state index in [4.69, 9.17) is 4.74 Å². The average Bonchev–Trinajstić information content (AvgIpc) is 2.92. The Kier molecular flexibility index (Phi) is 2.37. The number of fused-ring (bicyclic) bond motifs is 1. The molecule has 0 N–H and O–H groups in total. The number of ether oxygens (including phenoxy) is 1. The van der Waals surface area contributed by atoms with Gasteiger partial charge in [-0.1, -0.05) is 12.1 Å². The Labute approximate surface area is 103 Å². The first-order chi connectivity index (χ1) is 8.29. The highest BCUT2D eigenvalue weighted by molar-refractivity contribution is 7.15. The molecule has 0 unspecified atom stereocenters. The van der Waals surface area contributed by atoms with Crippen LogP contribution in [0, 0.1) is 6.92 Å². The van der Waals surface area contributed by atoms with Crippen molar-refractivity contribution < 1.29 is 4.74 Å². The highest BCUT2D eigenvalue weighted by Crippen LogP contribution is 2.30. The smallest absolute Gasteiger partial charge is 0.194 e. The molecule has 3 nitrogen and oxygen atoms in total. The second-order valence-electron chi connectivity index (χ2n) is 3.86. The van der Waals surface area contributed by atoms with Crippen LogP contribution >= 0.6 is 11.3 Å². The van der Waals surface area contributed by atoms with Crippen LogP contribution in [0.1, 0.15) is 5.69 Å². The van der Waals surface area contributed by atoms with Crippen LogP contribution in [0.4, 0.5) is 0 Å². The minimum atomic E-state index is 0.857. The van der Waals surface area contributed by atoms with Crippen molar-refractivity contribution in [3.8, 4) is 17.0 Å². The fraction of sp³-hybridized carbons (Fsp3) is 0.154. The molecule has 2 aromatic heterocycles. The van der Waals surface area contributed by atoms with E-state index in [1.54, 1.807) is 18.4 Å². The van der Waals surface area contributed by atoms with Crippen LogP contribution in [0.15, 0.2) is 35.8 Å². The van der Waals surface area contributed by atoms with Gasteiger partial charge in [-0.05, 0) is 19.1 Å². The van der Waals surface area contributed by atoms with Gasteiger partial charge in [-0.2, -0.15) is 0 Å². The van der Waals surface area contributed by atoms with Crippen molar-refractivity contribution in [3.05, 3.63) is 41.5 Å². The summed E-state index contributed by atoms with van der Waals surface area (Å²) in [6.45, 7) is 2.08. The Bertz CT molecular complexity index is 669. The molecule has 0 bridgehead atoms. The number of para-hydroxylation sites is 1. The Morgan fingerprint density at radius 1 is 1.29 bits per heavy atom. The lowest BCUT2D eigenvalue weighted by Gasteiger charge is -2.04. The van der Waals surface area contributed by atoms with Gasteiger partial charge in [0.05, 0.1) is 12.8 Å². The summed E-state index contributed by atoms with van der Waals surface area (Å²) in [5.74, 6) is 0.857. The van der Waals surface area contributed by atoms with Crippen LogP contribution in [-0.2, 0) is 0 Å². The highest BCUT2D eigenvalue weighted by Gasteiger charge is 2.10. The molecule has 17 heavy (non-hydrogen) atoms. The zero-order chi connectivity index (χ0) is 11.8. The van der Waals surface area contributed by atoms with Gasteiger partial charge in [-0.15, -0.1) is 11.3 Å². The normalized spacial score (nSPS) is 10.9. The Morgan fingerprint density at radius 2 is 2.12 bits per heavy atom. The molecule has 3 rings (SSSR count). The minimum Gasteiger partial charge on any atom is -0.496 e. The summed E-state index contributed by atoms with van der Waals surface area (Å²) >= 11 is 1.65. The van der Waals surface area contributed by atoms with Crippen LogP contribution in [0.2, 0.25) is 0 Å². The largest absolute Gasteiger partial charge is 0.496 e. The first kappa shape index (κ1) is 10.4. The van der Waals surface area contributed by atoms with Gasteiger partial charge in [-0.3, -0.25) is 4.40 Å². The molecule has 0 radical (unpaired) electrons. The van der Waals surface area contributed by atoms with Gasteiger partial charge in [-0.25, -0.2) is 4.98 Å². The lowest BCUT2D eigenvalue weighted by Crippen LogP contribution is -1.87. The van der Waals surface area contributed by atoms with Gasteiger partial charge in [0.1, 0.15) is 5.75 Å². The van der Waals surface area contributed by atoms with Crippen LogP contribution in [0.5, 0.6) is 5.75 Å². The molecular weight excluding hydrogens is 232 g/mol. The van der Waals surface area contributed by atoms with Crippen LogP contribution in [0.3, 0.4) is 0 Å². The quantitative estimate of drug-likeness (QED) is 0.691. The number of rotatable bonds is 2. The third-order valence-corrected chi connectivity index (χ3v) is 3.73. The molecule has 0 saturated carbocycles. The van der Waals surface area contributed by atoms with E-state index in [2.05, 4.69) is 27.9 Å². The third-order valence-electron chi connectivity index (χ3n) is 2.77. The molecule has 0 amide bonds. The second kappa shape index (κ2) is 3.89. The van der Waals surface area contributed by atoms with E-state index in [0.29, 0.717) is 0 Å². The number of nitrogens with zero attached hydrogens (tertiary/aromatic N) is 2. The van der Waals surface area contributed by atoms with E-state index >= 15 is 0 Å². The molecular formula is C13H12N2OS. The topological polar surface area (TPSA) is 26.5 Å². The summed E-state index contributed by atoms with van der Waals surface area (Å²) < 4.78 is 7.46. The van der Waals surface area contributed by atoms with Crippen molar-refractivity contribution in [1.29, 1.82) is 0 Å². The Hall–Kier alpha value is -1.81. The van der Waals surface area contributed by atoms with Gasteiger partial charge in [0.25, 0.3) is 0 Å². The molecule has 2 heterocycles. The van der Waals surface area contributed by atoms with Crippen molar-refractivity contribution >= 4 is 16.3 Å². The molecule has 86 valence electrons. The molecule has 3 aromatic rings. The molecule has 0 spiro atoms. The maximum absolute atomic E-state index is 5.36. The predicted octanol–water partition coefficient (Wildman–Crippen LogP) is 3.38. The standard InChI is InChI=1S/C13H12N2OS/c1-9-8-17-13-14-11(7-15(9)13)10-5-3-4-6-12(10)16-2/h3-8H,1-2H3. The lowest BCUT2D eigenvalue weighted by molar-refractivity contribution is 0.416. The molecule has 0 saturated heterocycles. The van der Waals surface area contributed by atoms with Crippen molar-refractivity contribution in [1.82, 2.24) is 9.38 Å². The third kappa shape index (κ3) is 1.61. The highest BCUT2D eigenvalue weighted by atomic mass is 32.1. The second-order valence-corrected chi connectivity index (χ2v) is 4.69. The summed E-state index contributed by atoms with van der Waals surface area (Å²) in [6.07, 6.45) is 2.05. The molecule has 0 atom stereocenters. The van der Waals surface area contributed by atoms with Crippen LogP contribution < -0.4 is 4.74 Å². The molecule has 0 aliphatic carbocycles. The van der Waals surface area contributed by atoms with Crippen LogP contribution in [-0.4, -0.2) is 16.5 Å². The maximum Gasteiger partial charge on any atom is 0.194 e. The number of aryl methyl sites for hydroxylation is 1. The Balaban J connectivity index is 2.20. The monoisotopic (exact) mass is 244 g/mol. The first-order valence-electron chi connectivity index (χ1n) is 5.36. The molecule has 0 aliphatic rings. The van der Waals surface area contributed by atoms with E-state index in [0.717, 1.165) is 22.0 Å². The fourth-order valence-corrected chi connectivity index (χ4v) is 2.73. The van der Waals surface area contributed by atoms with Gasteiger partial charge in [0.15, 0.2) is 4.96 Å². The van der Waals surface area contributed by atoms with E-state index in [1.165, 1.54) is 5.69 Å². The number of imidazole rings is 1. The summed E-state index contributed by atoms with van der Waals surface area (Å²) in [6, 6.07) is 7.94. The molecule has 1 aromatic carbocycles. The zero-order valence-corrected chi connectivity index (χ0v) is 10.5. The number of methoxy groups -OCH3 is 1. The van der Waals surface area contributed by atoms with Gasteiger partial charge in [0, 0.05) is 22.8 Å². The lowest BCUT2D eigenvalue weighted by atomic mass is 10.1. The fourth-order valence-electron chi connectivity index (χ4n) is 1.88. The predicted molar refractivity (Wildman–Crippen MR) is 69.8 cm³/mol. The van der Waals surface area contributed by atoms with Gasteiger partial charge < -0.3 is 4.74 Å². The van der Waals surface area contributed by atoms with Crippen molar-refractivity contribution in [3.63, 3.8) is 0 Å². The minimum absolute atomic E-state index is 0.857. The van der Waals surface area contributed by atoms with Gasteiger partial charge in [0.2, 0.25) is 0 Å².